The quantitative estimate of drug-likeness (QED) is 0.646. The number of halogens is 2. The predicted octanol–water partition coefficient (Wildman–Crippen LogP) is 4.85. The van der Waals surface area contributed by atoms with Crippen LogP contribution in [0.15, 0.2) is 48.0 Å². The Morgan fingerprint density at radius 2 is 1.91 bits per heavy atom. The van der Waals surface area contributed by atoms with Crippen molar-refractivity contribution < 1.29 is 4.79 Å². The van der Waals surface area contributed by atoms with Crippen molar-refractivity contribution in [2.45, 2.75) is 6.92 Å². The van der Waals surface area contributed by atoms with Crippen LogP contribution in [-0.2, 0) is 4.79 Å². The normalized spacial score (nSPS) is 10.9. The van der Waals surface area contributed by atoms with Crippen molar-refractivity contribution >= 4 is 40.9 Å². The highest BCUT2D eigenvalue weighted by molar-refractivity contribution is 6.44. The lowest BCUT2D eigenvalue weighted by Crippen LogP contribution is -2.13. The summed E-state index contributed by atoms with van der Waals surface area (Å²) >= 11 is 11.9. The molecule has 0 aromatic heterocycles. The van der Waals surface area contributed by atoms with Gasteiger partial charge in [0.15, 0.2) is 0 Å². The lowest BCUT2D eigenvalue weighted by Gasteiger charge is -2.08. The lowest BCUT2D eigenvalue weighted by atomic mass is 10.1. The largest absolute Gasteiger partial charge is 0.320 e. The smallest absolute Gasteiger partial charge is 0.266 e. The molecular weight excluding hydrogens is 319 g/mol. The summed E-state index contributed by atoms with van der Waals surface area (Å²) in [5, 5.41) is 12.4. The maximum Gasteiger partial charge on any atom is 0.266 e. The maximum atomic E-state index is 12.2. The Morgan fingerprint density at radius 3 is 2.59 bits per heavy atom. The van der Waals surface area contributed by atoms with Crippen molar-refractivity contribution in [3.8, 4) is 6.07 Å². The maximum absolute atomic E-state index is 12.2. The summed E-state index contributed by atoms with van der Waals surface area (Å²) < 4.78 is 0. The van der Waals surface area contributed by atoms with Gasteiger partial charge in [-0.15, -0.1) is 0 Å². The first-order chi connectivity index (χ1) is 10.5. The Kier molecular flexibility index (Phi) is 5.21. The molecule has 0 aliphatic carbocycles. The molecule has 1 N–H and O–H groups in total. The number of anilines is 1. The Morgan fingerprint density at radius 1 is 1.18 bits per heavy atom. The molecule has 0 aliphatic rings. The van der Waals surface area contributed by atoms with Gasteiger partial charge in [-0.05, 0) is 36.3 Å². The van der Waals surface area contributed by atoms with E-state index < -0.39 is 5.91 Å². The van der Waals surface area contributed by atoms with Gasteiger partial charge in [-0.25, -0.2) is 0 Å². The molecule has 2 rings (SSSR count). The molecule has 0 radical (unpaired) electrons. The molecule has 2 aromatic rings. The first-order valence-corrected chi connectivity index (χ1v) is 7.21. The molecule has 0 saturated heterocycles. The molecule has 3 nitrogen and oxygen atoms in total. The zero-order valence-electron chi connectivity index (χ0n) is 11.7. The van der Waals surface area contributed by atoms with E-state index in [1.54, 1.807) is 24.3 Å². The molecule has 5 heteroatoms. The minimum Gasteiger partial charge on any atom is -0.320 e. The highest BCUT2D eigenvalue weighted by atomic mass is 35.5. The summed E-state index contributed by atoms with van der Waals surface area (Å²) in [6.07, 6.45) is 1.54. The van der Waals surface area contributed by atoms with E-state index in [9.17, 15) is 10.1 Å². The average molecular weight is 331 g/mol. The highest BCUT2D eigenvalue weighted by Crippen LogP contribution is 2.29. The number of hydrogen-bond acceptors (Lipinski definition) is 2. The van der Waals surface area contributed by atoms with E-state index >= 15 is 0 Å². The SMILES string of the molecule is Cc1ccccc1/C=C(\C#N)C(=O)Nc1cccc(Cl)c1Cl. The molecule has 22 heavy (non-hydrogen) atoms. The fourth-order valence-corrected chi connectivity index (χ4v) is 2.19. The van der Waals surface area contributed by atoms with Gasteiger partial charge in [-0.3, -0.25) is 4.79 Å². The van der Waals surface area contributed by atoms with E-state index in [2.05, 4.69) is 5.32 Å². The third-order valence-corrected chi connectivity index (χ3v) is 3.87. The van der Waals surface area contributed by atoms with Crippen molar-refractivity contribution in [2.24, 2.45) is 0 Å². The van der Waals surface area contributed by atoms with Crippen LogP contribution in [0.2, 0.25) is 10.0 Å². The molecule has 0 fully saturated rings. The highest BCUT2D eigenvalue weighted by Gasteiger charge is 2.13. The summed E-state index contributed by atoms with van der Waals surface area (Å²) in [4.78, 5) is 12.2. The minimum atomic E-state index is -0.532. The molecule has 0 saturated carbocycles. The molecule has 0 unspecified atom stereocenters. The third kappa shape index (κ3) is 3.67. The van der Waals surface area contributed by atoms with E-state index in [4.69, 9.17) is 23.2 Å². The molecule has 0 atom stereocenters. The van der Waals surface area contributed by atoms with Gasteiger partial charge in [0, 0.05) is 0 Å². The predicted molar refractivity (Wildman–Crippen MR) is 89.9 cm³/mol. The summed E-state index contributed by atoms with van der Waals surface area (Å²) in [5.74, 6) is -0.532. The zero-order valence-corrected chi connectivity index (χ0v) is 13.2. The number of aryl methyl sites for hydroxylation is 1. The molecule has 0 aliphatic heterocycles. The van der Waals surface area contributed by atoms with Gasteiger partial charge < -0.3 is 5.32 Å². The number of carbonyl (C=O) groups is 1. The summed E-state index contributed by atoms with van der Waals surface area (Å²) in [6, 6.07) is 14.3. The Labute approximate surface area is 138 Å². The van der Waals surface area contributed by atoms with Crippen LogP contribution in [-0.4, -0.2) is 5.91 Å². The van der Waals surface area contributed by atoms with Crippen molar-refractivity contribution in [3.63, 3.8) is 0 Å². The summed E-state index contributed by atoms with van der Waals surface area (Å²) in [7, 11) is 0. The van der Waals surface area contributed by atoms with Crippen LogP contribution in [0.1, 0.15) is 11.1 Å². The topological polar surface area (TPSA) is 52.9 Å². The van der Waals surface area contributed by atoms with Crippen LogP contribution >= 0.6 is 23.2 Å². The number of nitrogens with zero attached hydrogens (tertiary/aromatic N) is 1. The van der Waals surface area contributed by atoms with Gasteiger partial charge in [0.2, 0.25) is 0 Å². The van der Waals surface area contributed by atoms with Crippen LogP contribution in [0.5, 0.6) is 0 Å². The van der Waals surface area contributed by atoms with Gasteiger partial charge in [0.25, 0.3) is 5.91 Å². The lowest BCUT2D eigenvalue weighted by molar-refractivity contribution is -0.112. The number of benzene rings is 2. The van der Waals surface area contributed by atoms with Gasteiger partial charge in [0.05, 0.1) is 15.7 Å². The first kappa shape index (κ1) is 16.1. The van der Waals surface area contributed by atoms with Crippen LogP contribution in [0.4, 0.5) is 5.69 Å². The average Bonchev–Trinajstić information content (AvgIpc) is 2.51. The van der Waals surface area contributed by atoms with Crippen molar-refractivity contribution in [2.75, 3.05) is 5.32 Å². The standard InChI is InChI=1S/C17H12Cl2N2O/c1-11-5-2-3-6-12(11)9-13(10-20)17(22)21-15-8-4-7-14(18)16(15)19/h2-9H,1H3,(H,21,22)/b13-9+. The number of hydrogen-bond donors (Lipinski definition) is 1. The Bertz CT molecular complexity index is 791. The van der Waals surface area contributed by atoms with Crippen LogP contribution < -0.4 is 5.32 Å². The second kappa shape index (κ2) is 7.13. The van der Waals surface area contributed by atoms with Crippen LogP contribution in [0.25, 0.3) is 6.08 Å². The molecule has 0 spiro atoms. The monoisotopic (exact) mass is 330 g/mol. The van der Waals surface area contributed by atoms with Gasteiger partial charge in [0.1, 0.15) is 11.6 Å². The molecular formula is C17H12Cl2N2O. The van der Waals surface area contributed by atoms with E-state index in [1.807, 2.05) is 37.3 Å². The van der Waals surface area contributed by atoms with Crippen molar-refractivity contribution in [3.05, 3.63) is 69.2 Å². The third-order valence-electron chi connectivity index (χ3n) is 3.05. The first-order valence-electron chi connectivity index (χ1n) is 6.45. The summed E-state index contributed by atoms with van der Waals surface area (Å²) in [6.45, 7) is 1.91. The number of nitrogens with one attached hydrogen (secondary N) is 1. The van der Waals surface area contributed by atoms with Crippen LogP contribution in [0, 0.1) is 18.3 Å². The van der Waals surface area contributed by atoms with E-state index in [0.29, 0.717) is 10.7 Å². The minimum absolute atomic E-state index is 0.00894. The number of carbonyl (C=O) groups excluding carboxylic acids is 1. The molecule has 110 valence electrons. The van der Waals surface area contributed by atoms with Gasteiger partial charge in [-0.2, -0.15) is 5.26 Å². The molecule has 0 bridgehead atoms. The van der Waals surface area contributed by atoms with E-state index in [1.165, 1.54) is 0 Å². The van der Waals surface area contributed by atoms with E-state index in [-0.39, 0.29) is 10.6 Å². The Balaban J connectivity index is 2.29. The molecule has 1 amide bonds. The second-order valence-electron chi connectivity index (χ2n) is 4.58. The number of amides is 1. The summed E-state index contributed by atoms with van der Waals surface area (Å²) in [5.41, 5.74) is 2.14. The van der Waals surface area contributed by atoms with Crippen molar-refractivity contribution in [1.82, 2.24) is 0 Å². The second-order valence-corrected chi connectivity index (χ2v) is 5.37. The van der Waals surface area contributed by atoms with E-state index in [0.717, 1.165) is 11.1 Å². The van der Waals surface area contributed by atoms with Gasteiger partial charge in [-0.1, -0.05) is 53.5 Å². The fourth-order valence-electron chi connectivity index (χ4n) is 1.84. The molecule has 0 heterocycles. The zero-order chi connectivity index (χ0) is 16.1. The van der Waals surface area contributed by atoms with Crippen LogP contribution in [0.3, 0.4) is 0 Å². The number of nitriles is 1. The van der Waals surface area contributed by atoms with Crippen molar-refractivity contribution in [1.29, 1.82) is 5.26 Å². The fraction of sp³-hybridized carbons (Fsp3) is 0.0588. The Hall–Kier alpha value is -2.28. The number of rotatable bonds is 3. The molecule has 2 aromatic carbocycles. The van der Waals surface area contributed by atoms with Gasteiger partial charge >= 0.3 is 0 Å².